The smallest absolute Gasteiger partial charge is 0.256 e. The van der Waals surface area contributed by atoms with Crippen LogP contribution < -0.4 is 5.32 Å². The molecular weight excluding hydrogens is 443 g/mol. The molecule has 126 valence electrons. The predicted octanol–water partition coefficient (Wildman–Crippen LogP) is 4.55. The number of anilines is 1. The van der Waals surface area contributed by atoms with E-state index in [0.717, 1.165) is 25.7 Å². The fourth-order valence-electron chi connectivity index (χ4n) is 2.68. The fraction of sp³-hybridized carbons (Fsp3) is 0. The van der Waals surface area contributed by atoms with Crippen LogP contribution in [0.4, 0.5) is 5.69 Å². The van der Waals surface area contributed by atoms with Gasteiger partial charge in [0.2, 0.25) is 0 Å². The molecule has 2 N–H and O–H groups in total. The summed E-state index contributed by atoms with van der Waals surface area (Å²) in [6.45, 7) is 0. The zero-order valence-electron chi connectivity index (χ0n) is 13.3. The molecule has 4 rings (SSSR count). The van der Waals surface area contributed by atoms with E-state index in [-0.39, 0.29) is 5.91 Å². The minimum absolute atomic E-state index is 0.230. The number of aromatic amines is 1. The van der Waals surface area contributed by atoms with E-state index < -0.39 is 0 Å². The second-order valence-electron chi connectivity index (χ2n) is 5.61. The van der Waals surface area contributed by atoms with Crippen molar-refractivity contribution in [3.63, 3.8) is 0 Å². The summed E-state index contributed by atoms with van der Waals surface area (Å²) in [4.78, 5) is 12.6. The highest BCUT2D eigenvalue weighted by Gasteiger charge is 2.13. The van der Waals surface area contributed by atoms with Crippen molar-refractivity contribution in [1.29, 1.82) is 5.26 Å². The largest absolute Gasteiger partial charge is 0.472 e. The van der Waals surface area contributed by atoms with Crippen LogP contribution in [0.25, 0.3) is 22.2 Å². The number of furan rings is 1. The van der Waals surface area contributed by atoms with Crippen molar-refractivity contribution in [2.75, 3.05) is 5.32 Å². The number of aromatic nitrogens is 2. The number of carbonyl (C=O) groups is 1. The van der Waals surface area contributed by atoms with Gasteiger partial charge >= 0.3 is 0 Å². The zero-order valence-corrected chi connectivity index (χ0v) is 15.4. The van der Waals surface area contributed by atoms with Crippen LogP contribution in [0.15, 0.2) is 59.4 Å². The maximum Gasteiger partial charge on any atom is 0.256 e. The Bertz CT molecular complexity index is 1160. The second kappa shape index (κ2) is 6.65. The lowest BCUT2D eigenvalue weighted by molar-refractivity contribution is 0.102. The molecule has 0 aliphatic carbocycles. The van der Waals surface area contributed by atoms with Gasteiger partial charge in [0.05, 0.1) is 35.2 Å². The van der Waals surface area contributed by atoms with Gasteiger partial charge in [-0.1, -0.05) is 0 Å². The number of benzene rings is 2. The van der Waals surface area contributed by atoms with Gasteiger partial charge in [0, 0.05) is 20.2 Å². The van der Waals surface area contributed by atoms with E-state index in [4.69, 9.17) is 9.68 Å². The van der Waals surface area contributed by atoms with Gasteiger partial charge < -0.3 is 9.73 Å². The molecule has 0 saturated heterocycles. The fourth-order valence-corrected chi connectivity index (χ4v) is 3.44. The molecule has 0 bridgehead atoms. The third-order valence-corrected chi connectivity index (χ3v) is 4.85. The maximum absolute atomic E-state index is 12.6. The molecule has 6 nitrogen and oxygen atoms in total. The Hall–Kier alpha value is -3.12. The van der Waals surface area contributed by atoms with E-state index >= 15 is 0 Å². The topological polar surface area (TPSA) is 94.7 Å². The maximum atomic E-state index is 12.6. The van der Waals surface area contributed by atoms with Crippen LogP contribution >= 0.6 is 22.6 Å². The third-order valence-electron chi connectivity index (χ3n) is 3.96. The summed E-state index contributed by atoms with van der Waals surface area (Å²) in [6, 6.07) is 14.4. The molecule has 26 heavy (non-hydrogen) atoms. The summed E-state index contributed by atoms with van der Waals surface area (Å²) >= 11 is 2.06. The first kappa shape index (κ1) is 16.4. The molecule has 2 heterocycles. The third kappa shape index (κ3) is 2.95. The minimum Gasteiger partial charge on any atom is -0.472 e. The van der Waals surface area contributed by atoms with Crippen LogP contribution in [-0.2, 0) is 0 Å². The average molecular weight is 454 g/mol. The van der Waals surface area contributed by atoms with Crippen LogP contribution in [-0.4, -0.2) is 16.1 Å². The monoisotopic (exact) mass is 454 g/mol. The number of nitrogens with one attached hydrogen (secondary N) is 2. The molecule has 0 fully saturated rings. The Balaban J connectivity index is 1.66. The lowest BCUT2D eigenvalue weighted by atomic mass is 10.1. The van der Waals surface area contributed by atoms with Crippen LogP contribution in [0.1, 0.15) is 15.9 Å². The summed E-state index contributed by atoms with van der Waals surface area (Å²) < 4.78 is 5.85. The van der Waals surface area contributed by atoms with E-state index in [9.17, 15) is 4.79 Å². The van der Waals surface area contributed by atoms with Crippen molar-refractivity contribution < 1.29 is 9.21 Å². The Kier molecular flexibility index (Phi) is 4.18. The van der Waals surface area contributed by atoms with Crippen LogP contribution in [0.3, 0.4) is 0 Å². The highest BCUT2D eigenvalue weighted by atomic mass is 127. The number of hydrogen-bond acceptors (Lipinski definition) is 4. The predicted molar refractivity (Wildman–Crippen MR) is 106 cm³/mol. The van der Waals surface area contributed by atoms with Crippen LogP contribution in [0, 0.1) is 14.9 Å². The zero-order chi connectivity index (χ0) is 18.1. The number of fused-ring (bicyclic) bond motifs is 1. The molecule has 0 atom stereocenters. The van der Waals surface area contributed by atoms with Crippen LogP contribution in [0.5, 0.6) is 0 Å². The van der Waals surface area contributed by atoms with Gasteiger partial charge in [-0.2, -0.15) is 10.4 Å². The molecule has 0 saturated carbocycles. The normalized spacial score (nSPS) is 10.6. The molecule has 0 aliphatic heterocycles. The molecule has 4 aromatic rings. The molecule has 0 aliphatic rings. The molecule has 2 aromatic heterocycles. The number of amides is 1. The van der Waals surface area contributed by atoms with Gasteiger partial charge in [0.1, 0.15) is 5.69 Å². The summed E-state index contributed by atoms with van der Waals surface area (Å²) in [7, 11) is 0. The number of nitrogens with zero attached hydrogens (tertiary/aromatic N) is 2. The van der Waals surface area contributed by atoms with E-state index in [2.05, 4.69) is 44.2 Å². The van der Waals surface area contributed by atoms with Crippen molar-refractivity contribution in [1.82, 2.24) is 10.2 Å². The van der Waals surface area contributed by atoms with E-state index in [1.807, 2.05) is 24.3 Å². The molecule has 0 radical (unpaired) electrons. The van der Waals surface area contributed by atoms with Crippen molar-refractivity contribution in [2.45, 2.75) is 0 Å². The second-order valence-corrected chi connectivity index (χ2v) is 6.77. The van der Waals surface area contributed by atoms with Gasteiger partial charge in [-0.3, -0.25) is 9.89 Å². The summed E-state index contributed by atoms with van der Waals surface area (Å²) in [5, 5.41) is 20.0. The molecule has 2 aromatic carbocycles. The first-order chi connectivity index (χ1) is 12.7. The number of H-pyrrole nitrogens is 1. The van der Waals surface area contributed by atoms with Gasteiger partial charge in [-0.25, -0.2) is 0 Å². The number of rotatable bonds is 3. The molecule has 0 spiro atoms. The summed E-state index contributed by atoms with van der Waals surface area (Å²) in [6.07, 6.45) is 3.22. The van der Waals surface area contributed by atoms with Crippen molar-refractivity contribution in [3.8, 4) is 17.3 Å². The number of hydrogen-bond donors (Lipinski definition) is 2. The Morgan fingerprint density at radius 2 is 2.12 bits per heavy atom. The lowest BCUT2D eigenvalue weighted by Gasteiger charge is -2.07. The average Bonchev–Trinajstić information content (AvgIpc) is 3.30. The molecular formula is C19H11IN4O2. The van der Waals surface area contributed by atoms with E-state index in [0.29, 0.717) is 16.8 Å². The number of carbonyl (C=O) groups excluding carboxylic acids is 1. The van der Waals surface area contributed by atoms with Crippen molar-refractivity contribution >= 4 is 45.1 Å². The number of nitriles is 1. The standard InChI is InChI=1S/C19H11IN4O2/c20-16-7-11(9-21)1-3-14(16)19(25)22-13-2-4-17-15(8-13)18(24-23-17)12-5-6-26-10-12/h1-8,10H,(H,22,25)(H,23,24). The van der Waals surface area contributed by atoms with Gasteiger partial charge in [-0.15, -0.1) is 0 Å². The Morgan fingerprint density at radius 3 is 2.85 bits per heavy atom. The minimum atomic E-state index is -0.230. The Morgan fingerprint density at radius 1 is 1.23 bits per heavy atom. The summed E-state index contributed by atoms with van der Waals surface area (Å²) in [5.41, 5.74) is 4.20. The van der Waals surface area contributed by atoms with Gasteiger partial charge in [0.25, 0.3) is 5.91 Å². The first-order valence-electron chi connectivity index (χ1n) is 7.67. The molecule has 0 unspecified atom stereocenters. The SMILES string of the molecule is N#Cc1ccc(C(=O)Nc2ccc3[nH]nc(-c4ccoc4)c3c2)c(I)c1. The van der Waals surface area contributed by atoms with E-state index in [1.54, 1.807) is 30.7 Å². The first-order valence-corrected chi connectivity index (χ1v) is 8.75. The number of halogens is 1. The Labute approximate surface area is 162 Å². The molecule has 1 amide bonds. The summed E-state index contributed by atoms with van der Waals surface area (Å²) in [5.74, 6) is -0.230. The highest BCUT2D eigenvalue weighted by Crippen LogP contribution is 2.29. The molecule has 7 heteroatoms. The van der Waals surface area contributed by atoms with Crippen molar-refractivity contribution in [2.24, 2.45) is 0 Å². The van der Waals surface area contributed by atoms with Crippen LogP contribution in [0.2, 0.25) is 0 Å². The quantitative estimate of drug-likeness (QED) is 0.444. The van der Waals surface area contributed by atoms with Crippen molar-refractivity contribution in [3.05, 3.63) is 69.7 Å². The van der Waals surface area contributed by atoms with Gasteiger partial charge in [-0.05, 0) is 65.1 Å². The highest BCUT2D eigenvalue weighted by molar-refractivity contribution is 14.1. The van der Waals surface area contributed by atoms with E-state index in [1.165, 1.54) is 0 Å². The van der Waals surface area contributed by atoms with Gasteiger partial charge in [0.15, 0.2) is 0 Å². The lowest BCUT2D eigenvalue weighted by Crippen LogP contribution is -2.13.